The van der Waals surface area contributed by atoms with Crippen LogP contribution in [0.2, 0.25) is 0 Å². The Morgan fingerprint density at radius 2 is 2.03 bits per heavy atom. The number of carbonyl (C=O) groups is 1. The van der Waals surface area contributed by atoms with Gasteiger partial charge in [-0.1, -0.05) is 16.7 Å². The molecule has 8 nitrogen and oxygen atoms in total. The van der Waals surface area contributed by atoms with E-state index < -0.39 is 5.82 Å². The van der Waals surface area contributed by atoms with Gasteiger partial charge in [0.05, 0.1) is 7.05 Å². The first-order valence-corrected chi connectivity index (χ1v) is 9.62. The lowest BCUT2D eigenvalue weighted by molar-refractivity contribution is 0.102. The molecule has 0 bridgehead atoms. The molecule has 1 N–H and O–H groups in total. The summed E-state index contributed by atoms with van der Waals surface area (Å²) >= 11 is 0. The maximum Gasteiger partial charge on any atom is 0.266 e. The molecule has 0 saturated heterocycles. The van der Waals surface area contributed by atoms with E-state index in [9.17, 15) is 9.18 Å². The minimum atomic E-state index is -0.448. The first kappa shape index (κ1) is 19.7. The van der Waals surface area contributed by atoms with Gasteiger partial charge in [0.2, 0.25) is 0 Å². The third kappa shape index (κ3) is 4.05. The predicted octanol–water partition coefficient (Wildman–Crippen LogP) is 2.99. The number of amides is 1. The molecule has 1 aromatic carbocycles. The molecule has 3 aromatic rings. The molecule has 1 aliphatic heterocycles. The Morgan fingerprint density at radius 3 is 2.73 bits per heavy atom. The smallest absolute Gasteiger partial charge is 0.266 e. The van der Waals surface area contributed by atoms with Crippen LogP contribution < -0.4 is 10.2 Å². The molecule has 2 aromatic heterocycles. The number of aryl methyl sites for hydroxylation is 2. The Morgan fingerprint density at radius 1 is 1.20 bits per heavy atom. The first-order valence-electron chi connectivity index (χ1n) is 9.62. The standard InChI is InChI=1S/C21H22FN7O/c1-13-4-6-16(22)10-17(13)20(30)24-19-7-5-15(11-23-19)18-12-29(9-8-14(18)2)21-25-27-28(3)26-21/h4-7,10-11H,8-9,12H2,1-3H3,(H,23,24,30). The summed E-state index contributed by atoms with van der Waals surface area (Å²) in [6.45, 7) is 5.36. The van der Waals surface area contributed by atoms with Crippen LogP contribution in [-0.2, 0) is 7.05 Å². The van der Waals surface area contributed by atoms with Gasteiger partial charge in [-0.2, -0.15) is 4.80 Å². The molecule has 30 heavy (non-hydrogen) atoms. The molecule has 0 spiro atoms. The number of aromatic nitrogens is 5. The summed E-state index contributed by atoms with van der Waals surface area (Å²) in [5, 5.41) is 15.0. The third-order valence-electron chi connectivity index (χ3n) is 5.20. The highest BCUT2D eigenvalue weighted by Crippen LogP contribution is 2.28. The van der Waals surface area contributed by atoms with E-state index in [1.807, 2.05) is 6.07 Å². The summed E-state index contributed by atoms with van der Waals surface area (Å²) in [5.41, 5.74) is 4.40. The molecule has 0 saturated carbocycles. The van der Waals surface area contributed by atoms with Crippen molar-refractivity contribution in [2.45, 2.75) is 20.3 Å². The van der Waals surface area contributed by atoms with Crippen molar-refractivity contribution < 1.29 is 9.18 Å². The highest BCUT2D eigenvalue weighted by molar-refractivity contribution is 6.04. The van der Waals surface area contributed by atoms with Crippen LogP contribution in [0.25, 0.3) is 5.57 Å². The van der Waals surface area contributed by atoms with Gasteiger partial charge in [-0.3, -0.25) is 4.79 Å². The molecule has 0 atom stereocenters. The predicted molar refractivity (Wildman–Crippen MR) is 112 cm³/mol. The molecule has 0 radical (unpaired) electrons. The average molecular weight is 407 g/mol. The van der Waals surface area contributed by atoms with Crippen LogP contribution >= 0.6 is 0 Å². The number of carbonyl (C=O) groups excluding carboxylic acids is 1. The van der Waals surface area contributed by atoms with E-state index in [1.165, 1.54) is 22.5 Å². The van der Waals surface area contributed by atoms with Gasteiger partial charge in [0.1, 0.15) is 11.6 Å². The number of rotatable bonds is 4. The van der Waals surface area contributed by atoms with E-state index >= 15 is 0 Å². The number of hydrogen-bond acceptors (Lipinski definition) is 6. The summed E-state index contributed by atoms with van der Waals surface area (Å²) in [5.74, 6) is 0.176. The van der Waals surface area contributed by atoms with E-state index in [0.717, 1.165) is 24.1 Å². The zero-order valence-corrected chi connectivity index (χ0v) is 17.1. The number of pyridine rings is 1. The Bertz CT molecular complexity index is 1120. The second-order valence-electron chi connectivity index (χ2n) is 7.35. The van der Waals surface area contributed by atoms with E-state index in [-0.39, 0.29) is 5.91 Å². The van der Waals surface area contributed by atoms with Gasteiger partial charge in [0.25, 0.3) is 11.9 Å². The minimum Gasteiger partial charge on any atom is -0.334 e. The molecule has 4 rings (SSSR count). The fraction of sp³-hybridized carbons (Fsp3) is 0.286. The molecule has 0 fully saturated rings. The summed E-state index contributed by atoms with van der Waals surface area (Å²) in [6, 6.07) is 7.81. The van der Waals surface area contributed by atoms with E-state index in [4.69, 9.17) is 0 Å². The quantitative estimate of drug-likeness (QED) is 0.715. The topological polar surface area (TPSA) is 88.8 Å². The molecule has 154 valence electrons. The average Bonchev–Trinajstić information content (AvgIpc) is 3.17. The molecule has 0 aliphatic carbocycles. The molecule has 9 heteroatoms. The lowest BCUT2D eigenvalue weighted by Crippen LogP contribution is -2.31. The second-order valence-corrected chi connectivity index (χ2v) is 7.35. The van der Waals surface area contributed by atoms with Crippen LogP contribution in [0.3, 0.4) is 0 Å². The number of nitrogens with one attached hydrogen (secondary N) is 1. The molecule has 0 unspecified atom stereocenters. The highest BCUT2D eigenvalue weighted by Gasteiger charge is 2.21. The van der Waals surface area contributed by atoms with Crippen molar-refractivity contribution in [2.75, 3.05) is 23.3 Å². The number of benzene rings is 1. The van der Waals surface area contributed by atoms with Crippen LogP contribution in [0.5, 0.6) is 0 Å². The van der Waals surface area contributed by atoms with Gasteiger partial charge in [-0.25, -0.2) is 9.37 Å². The number of tetrazole rings is 1. The Labute approximate surface area is 173 Å². The van der Waals surface area contributed by atoms with Gasteiger partial charge >= 0.3 is 0 Å². The van der Waals surface area contributed by atoms with Crippen LogP contribution in [0.15, 0.2) is 42.1 Å². The molecule has 3 heterocycles. The zero-order valence-electron chi connectivity index (χ0n) is 17.1. The van der Waals surface area contributed by atoms with Crippen molar-refractivity contribution in [3.05, 3.63) is 64.6 Å². The van der Waals surface area contributed by atoms with Crippen LogP contribution in [0, 0.1) is 12.7 Å². The van der Waals surface area contributed by atoms with Crippen molar-refractivity contribution in [1.82, 2.24) is 25.2 Å². The lowest BCUT2D eigenvalue weighted by atomic mass is 9.96. The van der Waals surface area contributed by atoms with Gasteiger partial charge < -0.3 is 10.2 Å². The Kier molecular flexibility index (Phi) is 5.26. The lowest BCUT2D eigenvalue weighted by Gasteiger charge is -2.28. The summed E-state index contributed by atoms with van der Waals surface area (Å²) in [6.07, 6.45) is 2.63. The maximum absolute atomic E-state index is 13.5. The SMILES string of the molecule is CC1=C(c2ccc(NC(=O)c3cc(F)ccc3C)nc2)CN(c2nnn(C)n2)CC1. The summed E-state index contributed by atoms with van der Waals surface area (Å²) in [4.78, 5) is 20.4. The summed E-state index contributed by atoms with van der Waals surface area (Å²) in [7, 11) is 1.74. The van der Waals surface area contributed by atoms with E-state index in [2.05, 4.69) is 37.5 Å². The van der Waals surface area contributed by atoms with Crippen molar-refractivity contribution in [3.8, 4) is 0 Å². The van der Waals surface area contributed by atoms with Gasteiger partial charge in [-0.15, -0.1) is 5.10 Å². The fourth-order valence-electron chi connectivity index (χ4n) is 3.44. The first-order chi connectivity index (χ1) is 14.4. The molecular weight excluding hydrogens is 385 g/mol. The fourth-order valence-corrected chi connectivity index (χ4v) is 3.44. The summed E-state index contributed by atoms with van der Waals surface area (Å²) < 4.78 is 13.5. The zero-order chi connectivity index (χ0) is 21.3. The second kappa shape index (κ2) is 8.02. The monoisotopic (exact) mass is 407 g/mol. The van der Waals surface area contributed by atoms with Crippen molar-refractivity contribution in [1.29, 1.82) is 0 Å². The van der Waals surface area contributed by atoms with Crippen LogP contribution in [-0.4, -0.2) is 44.2 Å². The van der Waals surface area contributed by atoms with Gasteiger partial charge in [-0.05, 0) is 66.4 Å². The minimum absolute atomic E-state index is 0.291. The van der Waals surface area contributed by atoms with E-state index in [0.29, 0.717) is 29.4 Å². The number of halogens is 1. The maximum atomic E-state index is 13.5. The highest BCUT2D eigenvalue weighted by atomic mass is 19.1. The Balaban J connectivity index is 1.50. The Hall–Kier alpha value is -3.62. The number of hydrogen-bond donors (Lipinski definition) is 1. The molecular formula is C21H22FN7O. The van der Waals surface area contributed by atoms with Gasteiger partial charge in [0.15, 0.2) is 0 Å². The van der Waals surface area contributed by atoms with Crippen LogP contribution in [0.4, 0.5) is 16.2 Å². The largest absolute Gasteiger partial charge is 0.334 e. The van der Waals surface area contributed by atoms with E-state index in [1.54, 1.807) is 32.3 Å². The number of anilines is 2. The van der Waals surface area contributed by atoms with Crippen molar-refractivity contribution in [2.24, 2.45) is 7.05 Å². The van der Waals surface area contributed by atoms with Crippen LogP contribution in [0.1, 0.15) is 34.8 Å². The van der Waals surface area contributed by atoms with Gasteiger partial charge in [0, 0.05) is 24.8 Å². The third-order valence-corrected chi connectivity index (χ3v) is 5.20. The number of nitrogens with zero attached hydrogens (tertiary/aromatic N) is 6. The molecule has 1 aliphatic rings. The van der Waals surface area contributed by atoms with Crippen molar-refractivity contribution >= 4 is 23.2 Å². The molecule has 1 amide bonds. The normalized spacial score (nSPS) is 14.2. The van der Waals surface area contributed by atoms with Crippen molar-refractivity contribution in [3.63, 3.8) is 0 Å².